The Bertz CT molecular complexity index is 812. The second-order valence-corrected chi connectivity index (χ2v) is 8.37. The maximum atomic E-state index is 12.2. The number of hydrogen-bond acceptors (Lipinski definition) is 4. The van der Waals surface area contributed by atoms with Gasteiger partial charge in [-0.25, -0.2) is 8.42 Å². The van der Waals surface area contributed by atoms with Crippen LogP contribution in [0.3, 0.4) is 0 Å². The van der Waals surface area contributed by atoms with Crippen molar-refractivity contribution in [1.82, 2.24) is 4.98 Å². The minimum atomic E-state index is -3.16. The lowest BCUT2D eigenvalue weighted by atomic mass is 10.1. The lowest BCUT2D eigenvalue weighted by Gasteiger charge is -2.12. The summed E-state index contributed by atoms with van der Waals surface area (Å²) in [6.45, 7) is 0. The SMILES string of the molecule is Cl.O=C(CCS(=O)(=O)C1CCCC1)Nc1cccc2cnccc12. The van der Waals surface area contributed by atoms with E-state index in [0.717, 1.165) is 36.5 Å². The average molecular weight is 369 g/mol. The Labute approximate surface area is 148 Å². The average Bonchev–Trinajstić information content (AvgIpc) is 3.09. The van der Waals surface area contributed by atoms with E-state index < -0.39 is 9.84 Å². The summed E-state index contributed by atoms with van der Waals surface area (Å²) in [4.78, 5) is 16.2. The van der Waals surface area contributed by atoms with Crippen molar-refractivity contribution in [3.8, 4) is 0 Å². The topological polar surface area (TPSA) is 76.1 Å². The summed E-state index contributed by atoms with van der Waals surface area (Å²) >= 11 is 0. The Morgan fingerprint density at radius 3 is 2.71 bits per heavy atom. The van der Waals surface area contributed by atoms with Gasteiger partial charge in [-0.2, -0.15) is 0 Å². The summed E-state index contributed by atoms with van der Waals surface area (Å²) in [7, 11) is -3.16. The number of aromatic nitrogens is 1. The van der Waals surface area contributed by atoms with Crippen LogP contribution in [0.4, 0.5) is 5.69 Å². The third-order valence-electron chi connectivity index (χ3n) is 4.38. The van der Waals surface area contributed by atoms with Crippen molar-refractivity contribution in [2.45, 2.75) is 37.4 Å². The number of nitrogens with one attached hydrogen (secondary N) is 1. The molecule has 0 spiro atoms. The third kappa shape index (κ3) is 4.24. The number of carbonyl (C=O) groups is 1. The van der Waals surface area contributed by atoms with Crippen molar-refractivity contribution < 1.29 is 13.2 Å². The molecule has 0 radical (unpaired) electrons. The van der Waals surface area contributed by atoms with E-state index in [1.54, 1.807) is 12.4 Å². The second-order valence-electron chi connectivity index (χ2n) is 5.97. The maximum Gasteiger partial charge on any atom is 0.225 e. The van der Waals surface area contributed by atoms with Crippen molar-refractivity contribution in [2.24, 2.45) is 0 Å². The van der Waals surface area contributed by atoms with Gasteiger partial charge in [0.1, 0.15) is 0 Å². The van der Waals surface area contributed by atoms with Crippen molar-refractivity contribution >= 4 is 44.6 Å². The van der Waals surface area contributed by atoms with Gasteiger partial charge in [-0.3, -0.25) is 9.78 Å². The first-order valence-corrected chi connectivity index (χ1v) is 9.62. The molecule has 1 fully saturated rings. The zero-order valence-corrected chi connectivity index (χ0v) is 14.9. The Hall–Kier alpha value is -1.66. The fourth-order valence-electron chi connectivity index (χ4n) is 3.09. The van der Waals surface area contributed by atoms with Crippen molar-refractivity contribution in [1.29, 1.82) is 0 Å². The van der Waals surface area contributed by atoms with Gasteiger partial charge in [0.25, 0.3) is 0 Å². The number of fused-ring (bicyclic) bond motifs is 1. The van der Waals surface area contributed by atoms with E-state index >= 15 is 0 Å². The molecule has 7 heteroatoms. The number of carbonyl (C=O) groups excluding carboxylic acids is 1. The van der Waals surface area contributed by atoms with E-state index in [2.05, 4.69) is 10.3 Å². The number of hydrogen-bond donors (Lipinski definition) is 1. The molecule has 0 bridgehead atoms. The molecule has 0 unspecified atom stereocenters. The normalized spacial score (nSPS) is 15.2. The number of rotatable bonds is 5. The van der Waals surface area contributed by atoms with E-state index in [1.807, 2.05) is 24.3 Å². The number of halogens is 1. The van der Waals surface area contributed by atoms with Gasteiger partial charge < -0.3 is 5.32 Å². The van der Waals surface area contributed by atoms with Gasteiger partial charge in [-0.05, 0) is 25.0 Å². The van der Waals surface area contributed by atoms with Crippen LogP contribution in [0.15, 0.2) is 36.7 Å². The van der Waals surface area contributed by atoms with E-state index in [4.69, 9.17) is 0 Å². The molecule has 1 aliphatic rings. The lowest BCUT2D eigenvalue weighted by molar-refractivity contribution is -0.115. The van der Waals surface area contributed by atoms with Gasteiger partial charge in [0.15, 0.2) is 9.84 Å². The number of nitrogens with zero attached hydrogens (tertiary/aromatic N) is 1. The first-order valence-electron chi connectivity index (χ1n) is 7.90. The first-order chi connectivity index (χ1) is 11.1. The van der Waals surface area contributed by atoms with Gasteiger partial charge in [-0.1, -0.05) is 25.0 Å². The van der Waals surface area contributed by atoms with Crippen LogP contribution in [0.2, 0.25) is 0 Å². The Kier molecular flexibility index (Phi) is 6.18. The summed E-state index contributed by atoms with van der Waals surface area (Å²) in [5.41, 5.74) is 0.688. The molecular weight excluding hydrogens is 348 g/mol. The number of pyridine rings is 1. The molecule has 1 aromatic carbocycles. The number of amides is 1. The summed E-state index contributed by atoms with van der Waals surface area (Å²) in [5.74, 6) is -0.341. The lowest BCUT2D eigenvalue weighted by Crippen LogP contribution is -2.24. The molecule has 2 aromatic rings. The molecular formula is C17H21ClN2O3S. The van der Waals surface area contributed by atoms with Gasteiger partial charge in [0, 0.05) is 35.3 Å². The highest BCUT2D eigenvalue weighted by Crippen LogP contribution is 2.26. The van der Waals surface area contributed by atoms with Crippen LogP contribution in [0, 0.1) is 0 Å². The zero-order valence-electron chi connectivity index (χ0n) is 13.3. The highest BCUT2D eigenvalue weighted by Gasteiger charge is 2.28. The monoisotopic (exact) mass is 368 g/mol. The van der Waals surface area contributed by atoms with E-state index in [-0.39, 0.29) is 35.7 Å². The zero-order chi connectivity index (χ0) is 16.3. The van der Waals surface area contributed by atoms with Gasteiger partial charge in [0.05, 0.1) is 11.0 Å². The first kappa shape index (κ1) is 18.7. The molecule has 1 heterocycles. The largest absolute Gasteiger partial charge is 0.325 e. The molecule has 5 nitrogen and oxygen atoms in total. The summed E-state index contributed by atoms with van der Waals surface area (Å²) < 4.78 is 24.4. The molecule has 0 saturated heterocycles. The molecule has 1 saturated carbocycles. The van der Waals surface area contributed by atoms with Crippen molar-refractivity contribution in [3.63, 3.8) is 0 Å². The molecule has 0 aliphatic heterocycles. The molecule has 1 N–H and O–H groups in total. The number of anilines is 1. The molecule has 0 atom stereocenters. The predicted molar refractivity (Wildman–Crippen MR) is 98.3 cm³/mol. The molecule has 24 heavy (non-hydrogen) atoms. The quantitative estimate of drug-likeness (QED) is 0.878. The van der Waals surface area contributed by atoms with E-state index in [9.17, 15) is 13.2 Å². The number of sulfone groups is 1. The van der Waals surface area contributed by atoms with Gasteiger partial charge >= 0.3 is 0 Å². The van der Waals surface area contributed by atoms with Crippen LogP contribution in [-0.4, -0.2) is 30.3 Å². The van der Waals surface area contributed by atoms with Crippen LogP contribution in [0.5, 0.6) is 0 Å². The maximum absolute atomic E-state index is 12.2. The minimum Gasteiger partial charge on any atom is -0.325 e. The Balaban J connectivity index is 0.00000208. The molecule has 3 rings (SSSR count). The molecule has 1 aromatic heterocycles. The van der Waals surface area contributed by atoms with Gasteiger partial charge in [0.2, 0.25) is 5.91 Å². The van der Waals surface area contributed by atoms with Crippen LogP contribution in [0.1, 0.15) is 32.1 Å². The Morgan fingerprint density at radius 2 is 1.96 bits per heavy atom. The third-order valence-corrected chi connectivity index (χ3v) is 6.64. The highest BCUT2D eigenvalue weighted by molar-refractivity contribution is 7.92. The van der Waals surface area contributed by atoms with Crippen LogP contribution < -0.4 is 5.32 Å². The van der Waals surface area contributed by atoms with Crippen molar-refractivity contribution in [2.75, 3.05) is 11.1 Å². The van der Waals surface area contributed by atoms with Gasteiger partial charge in [-0.15, -0.1) is 12.4 Å². The smallest absolute Gasteiger partial charge is 0.225 e. The Morgan fingerprint density at radius 1 is 1.21 bits per heavy atom. The molecule has 130 valence electrons. The summed E-state index contributed by atoms with van der Waals surface area (Å²) in [6.07, 6.45) is 6.82. The minimum absolute atomic E-state index is 0. The number of benzene rings is 1. The van der Waals surface area contributed by atoms with Crippen molar-refractivity contribution in [3.05, 3.63) is 36.7 Å². The van der Waals surface area contributed by atoms with Crippen LogP contribution >= 0.6 is 12.4 Å². The van der Waals surface area contributed by atoms with Crippen LogP contribution in [-0.2, 0) is 14.6 Å². The second kappa shape index (κ2) is 7.94. The fraction of sp³-hybridized carbons (Fsp3) is 0.412. The van der Waals surface area contributed by atoms with E-state index in [0.29, 0.717) is 5.69 Å². The molecule has 1 amide bonds. The summed E-state index contributed by atoms with van der Waals surface area (Å²) in [5, 5.41) is 4.40. The van der Waals surface area contributed by atoms with E-state index in [1.165, 1.54) is 0 Å². The standard InChI is InChI=1S/C17H20N2O3S.ClH/c20-17(9-11-23(21,22)14-5-1-2-6-14)19-16-7-3-4-13-12-18-10-8-15(13)16;/h3-4,7-8,10,12,14H,1-2,5-6,9,11H2,(H,19,20);1H. The fourth-order valence-corrected chi connectivity index (χ4v) is 4.95. The molecule has 1 aliphatic carbocycles. The predicted octanol–water partition coefficient (Wildman–Crippen LogP) is 3.34. The summed E-state index contributed by atoms with van der Waals surface area (Å²) in [6, 6.07) is 7.41. The van der Waals surface area contributed by atoms with Crippen LogP contribution in [0.25, 0.3) is 10.8 Å². The highest BCUT2D eigenvalue weighted by atomic mass is 35.5.